The number of Topliss-reactive ketones (excluding diaryl/α,β-unsaturated/α-hetero) is 1. The molecule has 0 radical (unpaired) electrons. The second-order valence-electron chi connectivity index (χ2n) is 8.79. The molecule has 0 aliphatic carbocycles. The number of hydrogen-bond donors (Lipinski definition) is 0. The molecule has 0 atom stereocenters. The molecule has 2 aliphatic rings. The molecule has 2 heterocycles. The SMILES string of the molecule is Cc1ccc(C(=O)C2CCN(C(=O)c3cccc(S(=O)(=O)N4CCCCC4)c3)CC2)cc1. The zero-order valence-electron chi connectivity index (χ0n) is 18.5. The molecule has 6 nitrogen and oxygen atoms in total. The zero-order valence-corrected chi connectivity index (χ0v) is 19.3. The summed E-state index contributed by atoms with van der Waals surface area (Å²) >= 11 is 0. The van der Waals surface area contributed by atoms with Crippen molar-refractivity contribution >= 4 is 21.7 Å². The van der Waals surface area contributed by atoms with Crippen LogP contribution in [0.15, 0.2) is 53.4 Å². The molecule has 2 aliphatic heterocycles. The van der Waals surface area contributed by atoms with Crippen LogP contribution in [0.2, 0.25) is 0 Å². The van der Waals surface area contributed by atoms with Crippen molar-refractivity contribution in [3.8, 4) is 0 Å². The molecule has 0 N–H and O–H groups in total. The minimum Gasteiger partial charge on any atom is -0.339 e. The van der Waals surface area contributed by atoms with Gasteiger partial charge in [0.2, 0.25) is 10.0 Å². The van der Waals surface area contributed by atoms with Gasteiger partial charge in [0.15, 0.2) is 5.78 Å². The molecule has 0 saturated carbocycles. The highest BCUT2D eigenvalue weighted by Crippen LogP contribution is 2.25. The number of rotatable bonds is 5. The topological polar surface area (TPSA) is 74.8 Å². The van der Waals surface area contributed by atoms with E-state index in [0.717, 1.165) is 30.4 Å². The van der Waals surface area contributed by atoms with Gasteiger partial charge in [-0.2, -0.15) is 4.31 Å². The van der Waals surface area contributed by atoms with Gasteiger partial charge in [0, 0.05) is 43.2 Å². The quantitative estimate of drug-likeness (QED) is 0.642. The maximum Gasteiger partial charge on any atom is 0.253 e. The largest absolute Gasteiger partial charge is 0.339 e. The van der Waals surface area contributed by atoms with Crippen LogP contribution in [0.4, 0.5) is 0 Å². The summed E-state index contributed by atoms with van der Waals surface area (Å²) in [6, 6.07) is 14.0. The number of amides is 1. The molecular weight excluding hydrogens is 424 g/mol. The van der Waals surface area contributed by atoms with Crippen LogP contribution in [0.1, 0.15) is 58.4 Å². The maximum atomic E-state index is 13.1. The molecule has 32 heavy (non-hydrogen) atoms. The lowest BCUT2D eigenvalue weighted by Crippen LogP contribution is -2.40. The average molecular weight is 455 g/mol. The van der Waals surface area contributed by atoms with E-state index < -0.39 is 10.0 Å². The zero-order chi connectivity index (χ0) is 22.7. The lowest BCUT2D eigenvalue weighted by atomic mass is 9.88. The van der Waals surface area contributed by atoms with Crippen molar-refractivity contribution in [2.45, 2.75) is 43.9 Å². The third kappa shape index (κ3) is 4.79. The predicted octanol–water partition coefficient (Wildman–Crippen LogP) is 3.90. The Morgan fingerprint density at radius 1 is 0.844 bits per heavy atom. The maximum absolute atomic E-state index is 13.1. The number of benzene rings is 2. The normalized spacial score (nSPS) is 18.5. The first-order chi connectivity index (χ1) is 15.4. The first-order valence-electron chi connectivity index (χ1n) is 11.4. The van der Waals surface area contributed by atoms with Gasteiger partial charge in [0.05, 0.1) is 4.90 Å². The van der Waals surface area contributed by atoms with Gasteiger partial charge in [-0.15, -0.1) is 0 Å². The Morgan fingerprint density at radius 2 is 1.50 bits per heavy atom. The molecule has 2 saturated heterocycles. The minimum atomic E-state index is -3.58. The molecule has 0 unspecified atom stereocenters. The van der Waals surface area contributed by atoms with Crippen LogP contribution in [0, 0.1) is 12.8 Å². The standard InChI is InChI=1S/C25H30N2O4S/c1-19-8-10-20(11-9-19)24(28)21-12-16-26(17-13-21)25(29)22-6-5-7-23(18-22)32(30,31)27-14-3-2-4-15-27/h5-11,18,21H,2-4,12-17H2,1H3. The third-order valence-corrected chi connectivity index (χ3v) is 8.42. The minimum absolute atomic E-state index is 0.0902. The molecular formula is C25H30N2O4S. The van der Waals surface area contributed by atoms with Gasteiger partial charge in [-0.1, -0.05) is 42.3 Å². The van der Waals surface area contributed by atoms with Crippen molar-refractivity contribution in [1.29, 1.82) is 0 Å². The van der Waals surface area contributed by atoms with E-state index in [2.05, 4.69) is 0 Å². The molecule has 2 aromatic rings. The van der Waals surface area contributed by atoms with E-state index in [4.69, 9.17) is 0 Å². The summed E-state index contributed by atoms with van der Waals surface area (Å²) < 4.78 is 27.5. The Morgan fingerprint density at radius 3 is 2.16 bits per heavy atom. The van der Waals surface area contributed by atoms with E-state index in [9.17, 15) is 18.0 Å². The summed E-state index contributed by atoms with van der Waals surface area (Å²) in [7, 11) is -3.58. The molecule has 170 valence electrons. The summed E-state index contributed by atoms with van der Waals surface area (Å²) in [6.45, 7) is 4.03. The van der Waals surface area contributed by atoms with Crippen molar-refractivity contribution in [2.24, 2.45) is 5.92 Å². The van der Waals surface area contributed by atoms with E-state index in [1.54, 1.807) is 23.1 Å². The lowest BCUT2D eigenvalue weighted by molar-refractivity contribution is 0.0650. The Balaban J connectivity index is 1.42. The van der Waals surface area contributed by atoms with Crippen LogP contribution in [0.5, 0.6) is 0 Å². The van der Waals surface area contributed by atoms with Crippen LogP contribution in [-0.2, 0) is 10.0 Å². The van der Waals surface area contributed by atoms with Gasteiger partial charge in [0.1, 0.15) is 0 Å². The van der Waals surface area contributed by atoms with E-state index in [0.29, 0.717) is 44.6 Å². The van der Waals surface area contributed by atoms with E-state index in [-0.39, 0.29) is 22.5 Å². The Labute approximate surface area is 190 Å². The highest BCUT2D eigenvalue weighted by molar-refractivity contribution is 7.89. The predicted molar refractivity (Wildman–Crippen MR) is 123 cm³/mol. The van der Waals surface area contributed by atoms with Gasteiger partial charge >= 0.3 is 0 Å². The van der Waals surface area contributed by atoms with Crippen LogP contribution in [0.3, 0.4) is 0 Å². The first kappa shape index (κ1) is 22.7. The number of ketones is 1. The molecule has 2 fully saturated rings. The Bertz CT molecular complexity index is 1080. The fourth-order valence-corrected chi connectivity index (χ4v) is 6.09. The van der Waals surface area contributed by atoms with E-state index in [1.165, 1.54) is 10.4 Å². The van der Waals surface area contributed by atoms with Gasteiger partial charge in [-0.25, -0.2) is 8.42 Å². The van der Waals surface area contributed by atoms with Crippen molar-refractivity contribution in [3.63, 3.8) is 0 Å². The van der Waals surface area contributed by atoms with Crippen LogP contribution in [0.25, 0.3) is 0 Å². The first-order valence-corrected chi connectivity index (χ1v) is 12.8. The highest BCUT2D eigenvalue weighted by atomic mass is 32.2. The van der Waals surface area contributed by atoms with Crippen molar-refractivity contribution in [1.82, 2.24) is 9.21 Å². The molecule has 0 spiro atoms. The Kier molecular flexibility index (Phi) is 6.76. The highest BCUT2D eigenvalue weighted by Gasteiger charge is 2.30. The smallest absolute Gasteiger partial charge is 0.253 e. The number of carbonyl (C=O) groups is 2. The van der Waals surface area contributed by atoms with Gasteiger partial charge in [-0.3, -0.25) is 9.59 Å². The molecule has 0 bridgehead atoms. The second-order valence-corrected chi connectivity index (χ2v) is 10.7. The van der Waals surface area contributed by atoms with Gasteiger partial charge < -0.3 is 4.90 Å². The molecule has 0 aromatic heterocycles. The summed E-state index contributed by atoms with van der Waals surface area (Å²) in [5.41, 5.74) is 2.22. The van der Waals surface area contributed by atoms with Crippen LogP contribution >= 0.6 is 0 Å². The molecule has 4 rings (SSSR count). The lowest BCUT2D eigenvalue weighted by Gasteiger charge is -2.31. The number of aryl methyl sites for hydroxylation is 1. The van der Waals surface area contributed by atoms with Crippen LogP contribution < -0.4 is 0 Å². The second kappa shape index (κ2) is 9.55. The fraction of sp³-hybridized carbons (Fsp3) is 0.440. The van der Waals surface area contributed by atoms with Gasteiger partial charge in [-0.05, 0) is 50.8 Å². The summed E-state index contributed by atoms with van der Waals surface area (Å²) in [6.07, 6.45) is 4.02. The molecule has 7 heteroatoms. The van der Waals surface area contributed by atoms with Crippen molar-refractivity contribution in [3.05, 3.63) is 65.2 Å². The summed E-state index contributed by atoms with van der Waals surface area (Å²) in [5, 5.41) is 0. The number of nitrogens with zero attached hydrogens (tertiary/aromatic N) is 2. The third-order valence-electron chi connectivity index (χ3n) is 6.52. The summed E-state index contributed by atoms with van der Waals surface area (Å²) in [5.74, 6) is -0.138. The van der Waals surface area contributed by atoms with E-state index >= 15 is 0 Å². The fourth-order valence-electron chi connectivity index (χ4n) is 4.52. The number of sulfonamides is 1. The van der Waals surface area contributed by atoms with E-state index in [1.807, 2.05) is 31.2 Å². The van der Waals surface area contributed by atoms with Crippen molar-refractivity contribution < 1.29 is 18.0 Å². The number of carbonyl (C=O) groups excluding carboxylic acids is 2. The number of piperidine rings is 2. The van der Waals surface area contributed by atoms with Gasteiger partial charge in [0.25, 0.3) is 5.91 Å². The molecule has 1 amide bonds. The summed E-state index contributed by atoms with van der Waals surface area (Å²) in [4.78, 5) is 27.8. The number of likely N-dealkylation sites (tertiary alicyclic amines) is 1. The molecule has 2 aromatic carbocycles. The monoisotopic (exact) mass is 454 g/mol. The Hall–Kier alpha value is -2.51. The van der Waals surface area contributed by atoms with Crippen LogP contribution in [-0.4, -0.2) is 55.5 Å². The number of hydrogen-bond acceptors (Lipinski definition) is 4. The average Bonchev–Trinajstić information content (AvgIpc) is 2.84. The van der Waals surface area contributed by atoms with Crippen molar-refractivity contribution in [2.75, 3.05) is 26.2 Å².